The lowest BCUT2D eigenvalue weighted by molar-refractivity contribution is 0.275. The summed E-state index contributed by atoms with van der Waals surface area (Å²) in [6, 6.07) is 8.27. The van der Waals surface area contributed by atoms with Crippen molar-refractivity contribution in [3.8, 4) is 11.4 Å². The molecule has 0 unspecified atom stereocenters. The third-order valence-corrected chi connectivity index (χ3v) is 3.78. The number of anilines is 1. The summed E-state index contributed by atoms with van der Waals surface area (Å²) in [5.41, 5.74) is 4.26. The van der Waals surface area contributed by atoms with E-state index in [0.29, 0.717) is 0 Å². The van der Waals surface area contributed by atoms with Crippen molar-refractivity contribution in [2.24, 2.45) is 0 Å². The van der Waals surface area contributed by atoms with Crippen molar-refractivity contribution in [3.63, 3.8) is 0 Å². The van der Waals surface area contributed by atoms with Crippen LogP contribution in [0.15, 0.2) is 24.3 Å². The number of nitrogens with zero attached hydrogens (tertiary/aromatic N) is 2. The van der Waals surface area contributed by atoms with Crippen LogP contribution < -0.4 is 5.32 Å². The van der Waals surface area contributed by atoms with Gasteiger partial charge in [0.1, 0.15) is 5.82 Å². The Labute approximate surface area is 113 Å². The molecule has 0 aliphatic carbocycles. The second kappa shape index (κ2) is 5.05. The summed E-state index contributed by atoms with van der Waals surface area (Å²) in [7, 11) is 1.91. The van der Waals surface area contributed by atoms with E-state index < -0.39 is 0 Å². The first-order valence-electron chi connectivity index (χ1n) is 6.81. The zero-order chi connectivity index (χ0) is 13.2. The van der Waals surface area contributed by atoms with Crippen LogP contribution in [0.25, 0.3) is 11.4 Å². The molecule has 4 heteroatoms. The Balaban J connectivity index is 2.06. The van der Waals surface area contributed by atoms with E-state index in [1.807, 2.05) is 7.05 Å². The van der Waals surface area contributed by atoms with Crippen molar-refractivity contribution in [2.75, 3.05) is 12.4 Å². The highest BCUT2D eigenvalue weighted by Gasteiger charge is 2.20. The van der Waals surface area contributed by atoms with Crippen molar-refractivity contribution < 1.29 is 5.11 Å². The fourth-order valence-electron chi connectivity index (χ4n) is 2.75. The number of benzene rings is 1. The summed E-state index contributed by atoms with van der Waals surface area (Å²) >= 11 is 0. The maximum Gasteiger partial charge on any atom is 0.140 e. The van der Waals surface area contributed by atoms with Gasteiger partial charge in [-0.15, -0.1) is 0 Å². The summed E-state index contributed by atoms with van der Waals surface area (Å²) in [5.74, 6) is 0.987. The van der Waals surface area contributed by atoms with Gasteiger partial charge in [-0.3, -0.25) is 0 Å². The minimum absolute atomic E-state index is 0.0317. The van der Waals surface area contributed by atoms with E-state index in [9.17, 15) is 5.11 Å². The molecule has 0 radical (unpaired) electrons. The highest BCUT2D eigenvalue weighted by Crippen LogP contribution is 2.28. The lowest BCUT2D eigenvalue weighted by Gasteiger charge is -2.17. The molecule has 19 heavy (non-hydrogen) atoms. The molecule has 1 aliphatic rings. The van der Waals surface area contributed by atoms with Gasteiger partial charge in [-0.1, -0.05) is 0 Å². The van der Waals surface area contributed by atoms with Gasteiger partial charge in [0.2, 0.25) is 0 Å². The van der Waals surface area contributed by atoms with Crippen LogP contribution in [0.4, 0.5) is 5.69 Å². The smallest absolute Gasteiger partial charge is 0.140 e. The van der Waals surface area contributed by atoms with Crippen molar-refractivity contribution >= 4 is 5.69 Å². The van der Waals surface area contributed by atoms with E-state index >= 15 is 0 Å². The molecule has 1 aromatic carbocycles. The van der Waals surface area contributed by atoms with E-state index in [4.69, 9.17) is 0 Å². The number of fused-ring (bicyclic) bond motifs is 1. The third kappa shape index (κ3) is 2.12. The Morgan fingerprint density at radius 1 is 1.26 bits per heavy atom. The SMILES string of the molecule is CNc1ccc(-c2nc(CO)c3n2CCCC3)cc1. The second-order valence-corrected chi connectivity index (χ2v) is 4.92. The average molecular weight is 257 g/mol. The molecule has 100 valence electrons. The molecule has 0 saturated heterocycles. The fraction of sp³-hybridized carbons (Fsp3) is 0.400. The summed E-state index contributed by atoms with van der Waals surface area (Å²) in [4.78, 5) is 4.63. The highest BCUT2D eigenvalue weighted by atomic mass is 16.3. The van der Waals surface area contributed by atoms with E-state index in [1.54, 1.807) is 0 Å². The van der Waals surface area contributed by atoms with Gasteiger partial charge in [0.15, 0.2) is 0 Å². The van der Waals surface area contributed by atoms with Crippen LogP contribution in [0, 0.1) is 0 Å². The molecule has 2 N–H and O–H groups in total. The zero-order valence-corrected chi connectivity index (χ0v) is 11.2. The van der Waals surface area contributed by atoms with Crippen LogP contribution in [-0.2, 0) is 19.6 Å². The van der Waals surface area contributed by atoms with Crippen LogP contribution in [0.3, 0.4) is 0 Å². The molecule has 0 bridgehead atoms. The topological polar surface area (TPSA) is 50.1 Å². The van der Waals surface area contributed by atoms with Crippen LogP contribution >= 0.6 is 0 Å². The molecule has 0 fully saturated rings. The Kier molecular flexibility index (Phi) is 3.25. The highest BCUT2D eigenvalue weighted by molar-refractivity contribution is 5.61. The van der Waals surface area contributed by atoms with Crippen molar-refractivity contribution in [2.45, 2.75) is 32.4 Å². The molecule has 2 aromatic rings. The minimum atomic E-state index is 0.0317. The van der Waals surface area contributed by atoms with Crippen LogP contribution in [-0.4, -0.2) is 21.7 Å². The van der Waals surface area contributed by atoms with Crippen LogP contribution in [0.5, 0.6) is 0 Å². The number of aromatic nitrogens is 2. The van der Waals surface area contributed by atoms with Crippen molar-refractivity contribution in [1.29, 1.82) is 0 Å². The largest absolute Gasteiger partial charge is 0.390 e. The zero-order valence-electron chi connectivity index (χ0n) is 11.2. The van der Waals surface area contributed by atoms with Gasteiger partial charge < -0.3 is 15.0 Å². The summed E-state index contributed by atoms with van der Waals surface area (Å²) in [5, 5.41) is 12.6. The minimum Gasteiger partial charge on any atom is -0.390 e. The van der Waals surface area contributed by atoms with Gasteiger partial charge in [-0.05, 0) is 43.5 Å². The fourth-order valence-corrected chi connectivity index (χ4v) is 2.75. The van der Waals surface area contributed by atoms with Gasteiger partial charge in [0.25, 0.3) is 0 Å². The first kappa shape index (κ1) is 12.2. The van der Waals surface area contributed by atoms with Crippen LogP contribution in [0.1, 0.15) is 24.2 Å². The predicted octanol–water partition coefficient (Wildman–Crippen LogP) is 2.42. The Hall–Kier alpha value is -1.81. The maximum absolute atomic E-state index is 9.45. The Bertz CT molecular complexity index is 572. The van der Waals surface area contributed by atoms with Gasteiger partial charge >= 0.3 is 0 Å². The van der Waals surface area contributed by atoms with E-state index in [0.717, 1.165) is 35.7 Å². The van der Waals surface area contributed by atoms with E-state index in [-0.39, 0.29) is 6.61 Å². The van der Waals surface area contributed by atoms with Crippen LogP contribution in [0.2, 0.25) is 0 Å². The number of aliphatic hydroxyl groups excluding tert-OH is 1. The molecule has 1 aromatic heterocycles. The number of hydrogen-bond donors (Lipinski definition) is 2. The molecular formula is C15H19N3O. The first-order valence-corrected chi connectivity index (χ1v) is 6.81. The quantitative estimate of drug-likeness (QED) is 0.888. The molecule has 0 saturated carbocycles. The monoisotopic (exact) mass is 257 g/mol. The Morgan fingerprint density at radius 3 is 2.74 bits per heavy atom. The first-order chi connectivity index (χ1) is 9.33. The molecular weight excluding hydrogens is 238 g/mol. The Morgan fingerprint density at radius 2 is 2.05 bits per heavy atom. The number of nitrogens with one attached hydrogen (secondary N) is 1. The third-order valence-electron chi connectivity index (χ3n) is 3.78. The molecule has 0 amide bonds. The summed E-state index contributed by atoms with van der Waals surface area (Å²) < 4.78 is 2.27. The number of rotatable bonds is 3. The lowest BCUT2D eigenvalue weighted by atomic mass is 10.1. The average Bonchev–Trinajstić information content (AvgIpc) is 2.86. The molecule has 3 rings (SSSR count). The number of hydrogen-bond acceptors (Lipinski definition) is 3. The van der Waals surface area contributed by atoms with Gasteiger partial charge in [-0.2, -0.15) is 0 Å². The number of aliphatic hydroxyl groups is 1. The molecule has 0 spiro atoms. The molecule has 2 heterocycles. The van der Waals surface area contributed by atoms with Crippen molar-refractivity contribution in [3.05, 3.63) is 35.7 Å². The molecule has 1 aliphatic heterocycles. The predicted molar refractivity (Wildman–Crippen MR) is 76.1 cm³/mol. The summed E-state index contributed by atoms with van der Waals surface area (Å²) in [6.45, 7) is 1.04. The normalized spacial score (nSPS) is 14.2. The summed E-state index contributed by atoms with van der Waals surface area (Å²) in [6.07, 6.45) is 3.41. The van der Waals surface area contributed by atoms with Crippen molar-refractivity contribution in [1.82, 2.24) is 9.55 Å². The standard InChI is InChI=1S/C15H19N3O/c1-16-12-7-5-11(6-8-12)15-17-13(10-19)14-4-2-3-9-18(14)15/h5-8,16,19H,2-4,9-10H2,1H3. The molecule has 4 nitrogen and oxygen atoms in total. The van der Waals surface area contributed by atoms with E-state index in [1.165, 1.54) is 18.5 Å². The maximum atomic E-state index is 9.45. The molecule has 0 atom stereocenters. The van der Waals surface area contributed by atoms with Gasteiger partial charge in [0, 0.05) is 30.5 Å². The second-order valence-electron chi connectivity index (χ2n) is 4.92. The van der Waals surface area contributed by atoms with E-state index in [2.05, 4.69) is 39.1 Å². The van der Waals surface area contributed by atoms with Gasteiger partial charge in [-0.25, -0.2) is 4.98 Å². The lowest BCUT2D eigenvalue weighted by Crippen LogP contribution is -2.12. The van der Waals surface area contributed by atoms with Gasteiger partial charge in [0.05, 0.1) is 12.3 Å². The number of imidazole rings is 1.